The summed E-state index contributed by atoms with van der Waals surface area (Å²) in [4.78, 5) is 4.87. The number of nitrogens with zero attached hydrogens (tertiary/aromatic N) is 2. The maximum atomic E-state index is 6.36. The van der Waals surface area contributed by atoms with Crippen molar-refractivity contribution in [1.29, 1.82) is 0 Å². The summed E-state index contributed by atoms with van der Waals surface area (Å²) in [7, 11) is 0. The second-order valence-electron chi connectivity index (χ2n) is 6.17. The molecule has 0 spiro atoms. The van der Waals surface area contributed by atoms with Crippen LogP contribution in [-0.2, 0) is 19.4 Å². The van der Waals surface area contributed by atoms with Crippen molar-refractivity contribution in [2.45, 2.75) is 19.4 Å². The van der Waals surface area contributed by atoms with E-state index in [-0.39, 0.29) is 0 Å². The summed E-state index contributed by atoms with van der Waals surface area (Å²) in [5.41, 5.74) is 4.67. The number of para-hydroxylation sites is 2. The van der Waals surface area contributed by atoms with E-state index in [4.69, 9.17) is 16.6 Å². The molecule has 1 aromatic heterocycles. The molecule has 0 atom stereocenters. The van der Waals surface area contributed by atoms with E-state index in [1.54, 1.807) is 0 Å². The lowest BCUT2D eigenvalue weighted by Gasteiger charge is -2.10. The van der Waals surface area contributed by atoms with Gasteiger partial charge >= 0.3 is 0 Å². The first kappa shape index (κ1) is 15.9. The van der Waals surface area contributed by atoms with E-state index in [1.165, 1.54) is 11.1 Å². The van der Waals surface area contributed by atoms with E-state index >= 15 is 0 Å². The van der Waals surface area contributed by atoms with E-state index in [2.05, 4.69) is 59.2 Å². The monoisotopic (exact) mass is 346 g/mol. The van der Waals surface area contributed by atoms with E-state index < -0.39 is 0 Å². The predicted molar refractivity (Wildman–Crippen MR) is 104 cm³/mol. The highest BCUT2D eigenvalue weighted by molar-refractivity contribution is 6.31. The average Bonchev–Trinajstić information content (AvgIpc) is 3.00. The van der Waals surface area contributed by atoms with Gasteiger partial charge in [0.05, 0.1) is 11.0 Å². The van der Waals surface area contributed by atoms with Gasteiger partial charge in [0.2, 0.25) is 0 Å². The zero-order chi connectivity index (χ0) is 17.1. The van der Waals surface area contributed by atoms with Gasteiger partial charge in [-0.25, -0.2) is 4.98 Å². The summed E-state index contributed by atoms with van der Waals surface area (Å²) in [6.45, 7) is 0.907. The maximum absolute atomic E-state index is 6.36. The Morgan fingerprint density at radius 3 is 2.36 bits per heavy atom. The van der Waals surface area contributed by atoms with Crippen LogP contribution < -0.4 is 0 Å². The Morgan fingerprint density at radius 2 is 1.52 bits per heavy atom. The van der Waals surface area contributed by atoms with Crippen molar-refractivity contribution < 1.29 is 0 Å². The largest absolute Gasteiger partial charge is 0.327 e. The quantitative estimate of drug-likeness (QED) is 0.465. The van der Waals surface area contributed by atoms with Crippen molar-refractivity contribution in [3.63, 3.8) is 0 Å². The van der Waals surface area contributed by atoms with Gasteiger partial charge in [-0.1, -0.05) is 72.3 Å². The van der Waals surface area contributed by atoms with Crippen LogP contribution in [0.2, 0.25) is 5.02 Å². The molecule has 0 unspecified atom stereocenters. The molecule has 0 N–H and O–H groups in total. The molecule has 3 heteroatoms. The van der Waals surface area contributed by atoms with Crippen molar-refractivity contribution in [2.24, 2.45) is 0 Å². The number of hydrogen-bond acceptors (Lipinski definition) is 1. The second kappa shape index (κ2) is 7.12. The van der Waals surface area contributed by atoms with Crippen LogP contribution in [0.15, 0.2) is 78.9 Å². The first-order chi connectivity index (χ1) is 12.3. The zero-order valence-electron chi connectivity index (χ0n) is 13.9. The summed E-state index contributed by atoms with van der Waals surface area (Å²) in [5, 5.41) is 0.796. The highest BCUT2D eigenvalue weighted by atomic mass is 35.5. The van der Waals surface area contributed by atoms with Gasteiger partial charge in [0.15, 0.2) is 0 Å². The van der Waals surface area contributed by atoms with Gasteiger partial charge < -0.3 is 4.57 Å². The highest BCUT2D eigenvalue weighted by Gasteiger charge is 2.12. The molecule has 3 aromatic carbocycles. The molecule has 25 heavy (non-hydrogen) atoms. The van der Waals surface area contributed by atoms with Gasteiger partial charge in [-0.05, 0) is 35.7 Å². The van der Waals surface area contributed by atoms with Crippen molar-refractivity contribution >= 4 is 22.6 Å². The van der Waals surface area contributed by atoms with E-state index in [0.717, 1.165) is 41.3 Å². The molecule has 1 heterocycles. The molecule has 0 aliphatic rings. The van der Waals surface area contributed by atoms with Gasteiger partial charge in [0.25, 0.3) is 0 Å². The number of benzene rings is 3. The van der Waals surface area contributed by atoms with Gasteiger partial charge in [-0.2, -0.15) is 0 Å². The number of aryl methyl sites for hydroxylation is 2. The molecule has 0 fully saturated rings. The minimum Gasteiger partial charge on any atom is -0.327 e. The Labute approximate surface area is 152 Å². The SMILES string of the molecule is Clc1ccccc1Cc1nc2ccccc2n1CCc1ccccc1. The molecule has 4 rings (SSSR count). The normalized spacial score (nSPS) is 11.1. The fraction of sp³-hybridized carbons (Fsp3) is 0.136. The van der Waals surface area contributed by atoms with Gasteiger partial charge in [-0.3, -0.25) is 0 Å². The molecular formula is C22H19ClN2. The Hall–Kier alpha value is -2.58. The van der Waals surface area contributed by atoms with Gasteiger partial charge in [-0.15, -0.1) is 0 Å². The Bertz CT molecular complexity index is 989. The summed E-state index contributed by atoms with van der Waals surface area (Å²) >= 11 is 6.36. The Morgan fingerprint density at radius 1 is 0.800 bits per heavy atom. The maximum Gasteiger partial charge on any atom is 0.114 e. The summed E-state index contributed by atoms with van der Waals surface area (Å²) in [6.07, 6.45) is 1.72. The smallest absolute Gasteiger partial charge is 0.114 e. The lowest BCUT2D eigenvalue weighted by molar-refractivity contribution is 0.679. The standard InChI is InChI=1S/C22H19ClN2/c23-19-11-5-4-10-18(19)16-22-24-20-12-6-7-13-21(20)25(22)15-14-17-8-2-1-3-9-17/h1-13H,14-16H2. The summed E-state index contributed by atoms with van der Waals surface area (Å²) in [5.74, 6) is 1.06. The first-order valence-electron chi connectivity index (χ1n) is 8.53. The molecule has 0 amide bonds. The van der Waals surface area contributed by atoms with Crippen LogP contribution >= 0.6 is 11.6 Å². The molecule has 0 aliphatic carbocycles. The molecule has 0 aliphatic heterocycles. The van der Waals surface area contributed by atoms with Crippen molar-refractivity contribution in [1.82, 2.24) is 9.55 Å². The number of fused-ring (bicyclic) bond motifs is 1. The lowest BCUT2D eigenvalue weighted by Crippen LogP contribution is -2.07. The molecule has 0 bridgehead atoms. The first-order valence-corrected chi connectivity index (χ1v) is 8.90. The van der Waals surface area contributed by atoms with Crippen LogP contribution in [0.3, 0.4) is 0 Å². The topological polar surface area (TPSA) is 17.8 Å². The number of imidazole rings is 1. The molecule has 2 nitrogen and oxygen atoms in total. The number of halogens is 1. The molecule has 0 saturated heterocycles. The number of rotatable bonds is 5. The van der Waals surface area contributed by atoms with E-state index in [1.807, 2.05) is 24.3 Å². The zero-order valence-corrected chi connectivity index (χ0v) is 14.7. The summed E-state index contributed by atoms with van der Waals surface area (Å²) in [6, 6.07) is 26.9. The second-order valence-corrected chi connectivity index (χ2v) is 6.58. The van der Waals surface area contributed by atoms with Crippen molar-refractivity contribution in [3.05, 3.63) is 101 Å². The molecular weight excluding hydrogens is 328 g/mol. The third-order valence-corrected chi connectivity index (χ3v) is 4.88. The number of hydrogen-bond donors (Lipinski definition) is 0. The minimum atomic E-state index is 0.739. The fourth-order valence-electron chi connectivity index (χ4n) is 3.21. The average molecular weight is 347 g/mol. The Kier molecular flexibility index (Phi) is 4.53. The van der Waals surface area contributed by atoms with Gasteiger partial charge in [0, 0.05) is 18.0 Å². The van der Waals surface area contributed by atoms with Crippen LogP contribution in [0.4, 0.5) is 0 Å². The summed E-state index contributed by atoms with van der Waals surface area (Å²) < 4.78 is 2.33. The van der Waals surface area contributed by atoms with E-state index in [9.17, 15) is 0 Å². The molecule has 0 radical (unpaired) electrons. The minimum absolute atomic E-state index is 0.739. The molecule has 0 saturated carbocycles. The van der Waals surface area contributed by atoms with Crippen LogP contribution in [0.25, 0.3) is 11.0 Å². The van der Waals surface area contributed by atoms with E-state index in [0.29, 0.717) is 0 Å². The van der Waals surface area contributed by atoms with Crippen LogP contribution in [0.5, 0.6) is 0 Å². The van der Waals surface area contributed by atoms with Crippen LogP contribution in [0.1, 0.15) is 17.0 Å². The van der Waals surface area contributed by atoms with Crippen LogP contribution in [0, 0.1) is 0 Å². The Balaban J connectivity index is 1.69. The third-order valence-electron chi connectivity index (χ3n) is 4.51. The lowest BCUT2D eigenvalue weighted by atomic mass is 10.1. The van der Waals surface area contributed by atoms with Crippen molar-refractivity contribution in [2.75, 3.05) is 0 Å². The number of aromatic nitrogens is 2. The predicted octanol–water partition coefficient (Wildman–Crippen LogP) is 5.52. The van der Waals surface area contributed by atoms with Crippen LogP contribution in [-0.4, -0.2) is 9.55 Å². The van der Waals surface area contributed by atoms with Crippen molar-refractivity contribution in [3.8, 4) is 0 Å². The third kappa shape index (κ3) is 3.45. The molecule has 124 valence electrons. The molecule has 4 aromatic rings. The fourth-order valence-corrected chi connectivity index (χ4v) is 3.41. The van der Waals surface area contributed by atoms with Gasteiger partial charge in [0.1, 0.15) is 5.82 Å². The highest BCUT2D eigenvalue weighted by Crippen LogP contribution is 2.22.